The number of nitrogens with zero attached hydrogens (tertiary/aromatic N) is 1. The number of hydrogen-bond donors (Lipinski definition) is 1. The first-order valence-corrected chi connectivity index (χ1v) is 6.83. The summed E-state index contributed by atoms with van der Waals surface area (Å²) in [6, 6.07) is 0.176. The summed E-state index contributed by atoms with van der Waals surface area (Å²) in [6.45, 7) is 8.98. The van der Waals surface area contributed by atoms with Gasteiger partial charge in [-0.1, -0.05) is 13.8 Å². The van der Waals surface area contributed by atoms with Gasteiger partial charge in [-0.15, -0.1) is 0 Å². The van der Waals surface area contributed by atoms with Crippen molar-refractivity contribution in [2.45, 2.75) is 39.7 Å². The predicted molar refractivity (Wildman–Crippen MR) is 73.5 cm³/mol. The van der Waals surface area contributed by atoms with Crippen LogP contribution in [0.25, 0.3) is 0 Å². The molecule has 1 N–H and O–H groups in total. The minimum Gasteiger partial charge on any atom is -0.381 e. The maximum Gasteiger partial charge on any atom is 0.220 e. The maximum atomic E-state index is 12.0. The van der Waals surface area contributed by atoms with Crippen molar-refractivity contribution in [1.29, 1.82) is 0 Å². The smallest absolute Gasteiger partial charge is 0.220 e. The van der Waals surface area contributed by atoms with E-state index in [-0.39, 0.29) is 17.4 Å². The molecule has 0 unspecified atom stereocenters. The van der Waals surface area contributed by atoms with Crippen molar-refractivity contribution in [3.8, 4) is 0 Å². The Morgan fingerprint density at radius 3 is 2.67 bits per heavy atom. The van der Waals surface area contributed by atoms with E-state index in [9.17, 15) is 4.79 Å². The third-order valence-corrected chi connectivity index (χ3v) is 3.77. The molecule has 0 aliphatic carbocycles. The fourth-order valence-electron chi connectivity index (χ4n) is 2.45. The van der Waals surface area contributed by atoms with Gasteiger partial charge in [-0.25, -0.2) is 0 Å². The van der Waals surface area contributed by atoms with E-state index in [1.165, 1.54) is 0 Å². The first-order valence-electron chi connectivity index (χ1n) is 6.83. The second-order valence-electron chi connectivity index (χ2n) is 6.45. The molecule has 1 amide bonds. The Kier molecular flexibility index (Phi) is 5.60. The predicted octanol–water partition coefficient (Wildman–Crippen LogP) is 1.51. The number of hydrogen-bond acceptors (Lipinski definition) is 3. The van der Waals surface area contributed by atoms with Gasteiger partial charge in [-0.05, 0) is 38.8 Å². The van der Waals surface area contributed by atoms with Crippen LogP contribution in [0.2, 0.25) is 0 Å². The average molecular weight is 256 g/mol. The first kappa shape index (κ1) is 15.4. The standard InChI is InChI=1S/C14H28N2O2/c1-11(14(2,3)10-16(4)5)15-13(17)8-12-6-7-18-9-12/h11-12H,6-10H2,1-5H3,(H,15,17)/t11-,12-/m0/s1. The van der Waals surface area contributed by atoms with Crippen LogP contribution in [0.3, 0.4) is 0 Å². The molecule has 1 aliphatic rings. The third-order valence-electron chi connectivity index (χ3n) is 3.77. The summed E-state index contributed by atoms with van der Waals surface area (Å²) in [5, 5.41) is 3.13. The fourth-order valence-corrected chi connectivity index (χ4v) is 2.45. The Balaban J connectivity index is 2.37. The second-order valence-corrected chi connectivity index (χ2v) is 6.45. The largest absolute Gasteiger partial charge is 0.381 e. The lowest BCUT2D eigenvalue weighted by Crippen LogP contribution is -2.47. The maximum absolute atomic E-state index is 12.0. The number of carbonyl (C=O) groups excluding carboxylic acids is 1. The number of rotatable bonds is 6. The van der Waals surface area contributed by atoms with Crippen LogP contribution < -0.4 is 5.32 Å². The van der Waals surface area contributed by atoms with Crippen LogP contribution in [-0.4, -0.2) is 50.7 Å². The van der Waals surface area contributed by atoms with Gasteiger partial charge in [0.1, 0.15) is 0 Å². The summed E-state index contributed by atoms with van der Waals surface area (Å²) >= 11 is 0. The molecule has 0 spiro atoms. The summed E-state index contributed by atoms with van der Waals surface area (Å²) in [7, 11) is 4.12. The van der Waals surface area contributed by atoms with Crippen LogP contribution >= 0.6 is 0 Å². The molecule has 4 nitrogen and oxygen atoms in total. The molecule has 2 atom stereocenters. The molecule has 1 saturated heterocycles. The van der Waals surface area contributed by atoms with E-state index in [4.69, 9.17) is 4.74 Å². The lowest BCUT2D eigenvalue weighted by molar-refractivity contribution is -0.123. The SMILES string of the molecule is C[C@H](NC(=O)C[C@@H]1CCOC1)C(C)(C)CN(C)C. The summed E-state index contributed by atoms with van der Waals surface area (Å²) in [4.78, 5) is 14.1. The van der Waals surface area contributed by atoms with Gasteiger partial charge in [-0.2, -0.15) is 0 Å². The third kappa shape index (κ3) is 4.94. The van der Waals surface area contributed by atoms with Crippen molar-refractivity contribution in [2.75, 3.05) is 33.9 Å². The zero-order chi connectivity index (χ0) is 13.8. The highest BCUT2D eigenvalue weighted by Gasteiger charge is 2.28. The van der Waals surface area contributed by atoms with E-state index in [0.717, 1.165) is 26.2 Å². The van der Waals surface area contributed by atoms with Crippen molar-refractivity contribution in [1.82, 2.24) is 10.2 Å². The van der Waals surface area contributed by atoms with Gasteiger partial charge in [0, 0.05) is 32.2 Å². The van der Waals surface area contributed by atoms with Crippen molar-refractivity contribution < 1.29 is 9.53 Å². The lowest BCUT2D eigenvalue weighted by atomic mass is 9.84. The topological polar surface area (TPSA) is 41.6 Å². The molecule has 18 heavy (non-hydrogen) atoms. The number of ether oxygens (including phenoxy) is 1. The number of amides is 1. The minimum atomic E-state index is 0.0747. The van der Waals surface area contributed by atoms with Gasteiger partial charge in [0.05, 0.1) is 0 Å². The Bertz CT molecular complexity index is 271. The van der Waals surface area contributed by atoms with Crippen molar-refractivity contribution >= 4 is 5.91 Å². The Hall–Kier alpha value is -0.610. The molecule has 4 heteroatoms. The molecule has 1 rings (SSSR count). The number of nitrogens with one attached hydrogen (secondary N) is 1. The normalized spacial score (nSPS) is 22.2. The van der Waals surface area contributed by atoms with E-state index in [1.807, 2.05) is 0 Å². The van der Waals surface area contributed by atoms with Gasteiger partial charge >= 0.3 is 0 Å². The highest BCUT2D eigenvalue weighted by molar-refractivity contribution is 5.76. The quantitative estimate of drug-likeness (QED) is 0.783. The second kappa shape index (κ2) is 6.53. The van der Waals surface area contributed by atoms with Gasteiger partial charge in [0.2, 0.25) is 5.91 Å². The molecule has 1 fully saturated rings. The van der Waals surface area contributed by atoms with E-state index in [0.29, 0.717) is 12.3 Å². The molecule has 0 radical (unpaired) electrons. The first-order chi connectivity index (χ1) is 8.31. The van der Waals surface area contributed by atoms with E-state index in [1.54, 1.807) is 0 Å². The minimum absolute atomic E-state index is 0.0747. The molecular formula is C14H28N2O2. The van der Waals surface area contributed by atoms with Crippen molar-refractivity contribution in [2.24, 2.45) is 11.3 Å². The fraction of sp³-hybridized carbons (Fsp3) is 0.929. The zero-order valence-corrected chi connectivity index (χ0v) is 12.5. The van der Waals surface area contributed by atoms with Crippen LogP contribution in [0, 0.1) is 11.3 Å². The molecular weight excluding hydrogens is 228 g/mol. The molecule has 0 bridgehead atoms. The Morgan fingerprint density at radius 2 is 2.17 bits per heavy atom. The zero-order valence-electron chi connectivity index (χ0n) is 12.5. The number of carbonyl (C=O) groups is 1. The van der Waals surface area contributed by atoms with Crippen LogP contribution in [-0.2, 0) is 9.53 Å². The lowest BCUT2D eigenvalue weighted by Gasteiger charge is -2.35. The molecule has 0 aromatic rings. The summed E-state index contributed by atoms with van der Waals surface area (Å²) in [5.74, 6) is 0.569. The van der Waals surface area contributed by atoms with Crippen LogP contribution in [0.1, 0.15) is 33.6 Å². The van der Waals surface area contributed by atoms with Gasteiger partial charge in [-0.3, -0.25) is 4.79 Å². The van der Waals surface area contributed by atoms with E-state index < -0.39 is 0 Å². The summed E-state index contributed by atoms with van der Waals surface area (Å²) in [5.41, 5.74) is 0.0747. The average Bonchev–Trinajstić information content (AvgIpc) is 2.67. The van der Waals surface area contributed by atoms with Crippen molar-refractivity contribution in [3.05, 3.63) is 0 Å². The van der Waals surface area contributed by atoms with Crippen LogP contribution in [0.5, 0.6) is 0 Å². The summed E-state index contributed by atoms with van der Waals surface area (Å²) < 4.78 is 5.30. The molecule has 1 heterocycles. The van der Waals surface area contributed by atoms with Gasteiger partial charge in [0.25, 0.3) is 0 Å². The monoisotopic (exact) mass is 256 g/mol. The molecule has 1 aliphatic heterocycles. The van der Waals surface area contributed by atoms with Crippen LogP contribution in [0.4, 0.5) is 0 Å². The Morgan fingerprint density at radius 1 is 1.50 bits per heavy atom. The highest BCUT2D eigenvalue weighted by Crippen LogP contribution is 2.22. The highest BCUT2D eigenvalue weighted by atomic mass is 16.5. The summed E-state index contributed by atoms with van der Waals surface area (Å²) in [6.07, 6.45) is 1.62. The van der Waals surface area contributed by atoms with E-state index in [2.05, 4.69) is 45.1 Å². The molecule has 0 aromatic heterocycles. The van der Waals surface area contributed by atoms with E-state index >= 15 is 0 Å². The Labute approximate surface area is 111 Å². The molecule has 0 saturated carbocycles. The molecule has 0 aromatic carbocycles. The molecule has 106 valence electrons. The van der Waals surface area contributed by atoms with Gasteiger partial charge < -0.3 is 15.0 Å². The van der Waals surface area contributed by atoms with Crippen LogP contribution in [0.15, 0.2) is 0 Å². The van der Waals surface area contributed by atoms with Gasteiger partial charge in [0.15, 0.2) is 0 Å². The van der Waals surface area contributed by atoms with Crippen molar-refractivity contribution in [3.63, 3.8) is 0 Å².